The summed E-state index contributed by atoms with van der Waals surface area (Å²) in [6, 6.07) is 10.8. The highest BCUT2D eigenvalue weighted by atomic mass is 79.9. The Kier molecular flexibility index (Phi) is 4.54. The molecule has 0 fully saturated rings. The fourth-order valence-corrected chi connectivity index (χ4v) is 3.79. The van der Waals surface area contributed by atoms with Gasteiger partial charge in [-0.25, -0.2) is 4.98 Å². The maximum Gasteiger partial charge on any atom is 0.305 e. The van der Waals surface area contributed by atoms with Gasteiger partial charge in [0.25, 0.3) is 0 Å². The van der Waals surface area contributed by atoms with E-state index in [1.54, 1.807) is 6.07 Å². The molecule has 2 aromatic heterocycles. The predicted molar refractivity (Wildman–Crippen MR) is 105 cm³/mol. The van der Waals surface area contributed by atoms with Crippen molar-refractivity contribution >= 4 is 44.6 Å². The largest absolute Gasteiger partial charge is 0.509 e. The van der Waals surface area contributed by atoms with Crippen LogP contribution in [0, 0.1) is 5.41 Å². The Hall–Kier alpha value is -2.91. The number of hydrogen-bond acceptors (Lipinski definition) is 6. The zero-order valence-electron chi connectivity index (χ0n) is 13.8. The van der Waals surface area contributed by atoms with Gasteiger partial charge in [-0.15, -0.1) is 11.3 Å². The SMILES string of the molecule is N=C1C(c2nc(-c3ccc(Br)cc3)cs2)=C(O)CN1NC(=O)c1ccco1. The third-order valence-corrected chi connectivity index (χ3v) is 5.33. The molecule has 1 amide bonds. The molecule has 4 rings (SSSR count). The lowest BCUT2D eigenvalue weighted by molar-refractivity contribution is 0.0845. The average Bonchev–Trinajstić information content (AvgIpc) is 3.38. The fourth-order valence-electron chi connectivity index (χ4n) is 2.63. The Morgan fingerprint density at radius 3 is 2.81 bits per heavy atom. The summed E-state index contributed by atoms with van der Waals surface area (Å²) in [4.78, 5) is 16.7. The lowest BCUT2D eigenvalue weighted by atomic mass is 10.2. The van der Waals surface area contributed by atoms with Crippen LogP contribution in [0.1, 0.15) is 15.6 Å². The monoisotopic (exact) mass is 444 g/mol. The number of benzene rings is 1. The maximum absolute atomic E-state index is 12.1. The van der Waals surface area contributed by atoms with E-state index >= 15 is 0 Å². The van der Waals surface area contributed by atoms with Crippen molar-refractivity contribution in [2.75, 3.05) is 6.54 Å². The molecule has 3 aromatic rings. The van der Waals surface area contributed by atoms with E-state index in [1.165, 1.54) is 28.7 Å². The van der Waals surface area contributed by atoms with Crippen LogP contribution in [0.3, 0.4) is 0 Å². The van der Waals surface area contributed by atoms with E-state index in [4.69, 9.17) is 9.83 Å². The van der Waals surface area contributed by atoms with Crippen LogP contribution in [0.25, 0.3) is 16.8 Å². The number of aliphatic hydroxyl groups is 1. The Labute approximate surface area is 166 Å². The summed E-state index contributed by atoms with van der Waals surface area (Å²) in [6.07, 6.45) is 1.39. The number of rotatable bonds is 4. The standard InChI is InChI=1S/C18H13BrN4O3S/c19-11-5-3-10(4-6-11)12-9-27-18(21-12)15-13(24)8-23(16(15)20)22-17(25)14-2-1-7-26-14/h1-7,9,20,24H,8H2,(H,22,25). The second kappa shape index (κ2) is 7.01. The van der Waals surface area contributed by atoms with E-state index < -0.39 is 5.91 Å². The van der Waals surface area contributed by atoms with Crippen LogP contribution in [-0.2, 0) is 0 Å². The number of amidine groups is 1. The molecule has 0 saturated heterocycles. The number of amides is 1. The number of carbonyl (C=O) groups is 1. The van der Waals surface area contributed by atoms with Crippen LogP contribution in [0.4, 0.5) is 0 Å². The molecular formula is C18H13BrN4O3S. The predicted octanol–water partition coefficient (Wildman–Crippen LogP) is 4.07. The van der Waals surface area contributed by atoms with E-state index in [2.05, 4.69) is 26.3 Å². The van der Waals surface area contributed by atoms with Crippen molar-refractivity contribution in [3.05, 3.63) is 69.0 Å². The third kappa shape index (κ3) is 3.38. The number of nitrogens with one attached hydrogen (secondary N) is 2. The molecule has 0 atom stereocenters. The molecule has 9 heteroatoms. The molecule has 3 heterocycles. The van der Waals surface area contributed by atoms with Crippen molar-refractivity contribution in [2.24, 2.45) is 0 Å². The number of aliphatic hydroxyl groups excluding tert-OH is 1. The van der Waals surface area contributed by atoms with Gasteiger partial charge in [-0.1, -0.05) is 28.1 Å². The minimum atomic E-state index is -0.492. The molecule has 1 aliphatic rings. The Balaban J connectivity index is 1.54. The molecule has 0 unspecified atom stereocenters. The van der Waals surface area contributed by atoms with Gasteiger partial charge < -0.3 is 9.52 Å². The first-order chi connectivity index (χ1) is 13.0. The lowest BCUT2D eigenvalue weighted by Crippen LogP contribution is -2.43. The first-order valence-corrected chi connectivity index (χ1v) is 9.55. The summed E-state index contributed by atoms with van der Waals surface area (Å²) in [5.41, 5.74) is 4.56. The molecule has 27 heavy (non-hydrogen) atoms. The second-order valence-corrected chi connectivity index (χ2v) is 7.49. The van der Waals surface area contributed by atoms with Crippen molar-refractivity contribution < 1.29 is 14.3 Å². The van der Waals surface area contributed by atoms with Crippen LogP contribution in [-0.4, -0.2) is 33.4 Å². The molecule has 0 saturated carbocycles. The van der Waals surface area contributed by atoms with E-state index in [0.29, 0.717) is 10.6 Å². The Morgan fingerprint density at radius 1 is 1.33 bits per heavy atom. The molecule has 7 nitrogen and oxygen atoms in total. The van der Waals surface area contributed by atoms with E-state index in [-0.39, 0.29) is 23.9 Å². The number of aromatic nitrogens is 1. The van der Waals surface area contributed by atoms with E-state index in [9.17, 15) is 9.90 Å². The number of halogens is 1. The number of furan rings is 1. The molecule has 0 aliphatic carbocycles. The summed E-state index contributed by atoms with van der Waals surface area (Å²) in [7, 11) is 0. The topological polar surface area (TPSA) is 102 Å². The van der Waals surface area contributed by atoms with Crippen LogP contribution in [0.5, 0.6) is 0 Å². The summed E-state index contributed by atoms with van der Waals surface area (Å²) >= 11 is 4.73. The summed E-state index contributed by atoms with van der Waals surface area (Å²) in [5.74, 6) is -0.406. The Morgan fingerprint density at radius 2 is 2.11 bits per heavy atom. The molecule has 1 aliphatic heterocycles. The van der Waals surface area contributed by atoms with Gasteiger partial charge >= 0.3 is 5.91 Å². The van der Waals surface area contributed by atoms with E-state index in [1.807, 2.05) is 29.6 Å². The lowest BCUT2D eigenvalue weighted by Gasteiger charge is -2.18. The van der Waals surface area contributed by atoms with Gasteiger partial charge in [0.2, 0.25) is 0 Å². The fraction of sp³-hybridized carbons (Fsp3) is 0.0556. The highest BCUT2D eigenvalue weighted by molar-refractivity contribution is 9.10. The smallest absolute Gasteiger partial charge is 0.305 e. The number of thiazole rings is 1. The molecule has 0 spiro atoms. The highest BCUT2D eigenvalue weighted by Crippen LogP contribution is 2.32. The number of hydrazine groups is 1. The summed E-state index contributed by atoms with van der Waals surface area (Å²) in [6.45, 7) is -0.00614. The minimum absolute atomic E-state index is 0.00614. The molecular weight excluding hydrogens is 432 g/mol. The van der Waals surface area contributed by atoms with E-state index in [0.717, 1.165) is 15.7 Å². The first-order valence-electron chi connectivity index (χ1n) is 7.88. The van der Waals surface area contributed by atoms with Crippen LogP contribution in [0.2, 0.25) is 0 Å². The zero-order valence-corrected chi connectivity index (χ0v) is 16.2. The van der Waals surface area contributed by atoms with Gasteiger partial charge in [0, 0.05) is 15.4 Å². The molecule has 0 bridgehead atoms. The van der Waals surface area contributed by atoms with Gasteiger partial charge in [0.1, 0.15) is 10.8 Å². The third-order valence-electron chi connectivity index (χ3n) is 3.94. The van der Waals surface area contributed by atoms with Gasteiger partial charge in [-0.2, -0.15) is 0 Å². The maximum atomic E-state index is 12.1. The second-order valence-electron chi connectivity index (χ2n) is 5.72. The zero-order chi connectivity index (χ0) is 19.0. The number of hydrogen-bond donors (Lipinski definition) is 3. The minimum Gasteiger partial charge on any atom is -0.509 e. The normalized spacial score (nSPS) is 14.1. The quantitative estimate of drug-likeness (QED) is 0.562. The van der Waals surface area contributed by atoms with Crippen LogP contribution in [0.15, 0.2) is 62.7 Å². The van der Waals surface area contributed by atoms with Crippen LogP contribution >= 0.6 is 27.3 Å². The van der Waals surface area contributed by atoms with Gasteiger partial charge in [0.15, 0.2) is 11.6 Å². The summed E-state index contributed by atoms with van der Waals surface area (Å²) < 4.78 is 6.02. The molecule has 3 N–H and O–H groups in total. The van der Waals surface area contributed by atoms with Gasteiger partial charge in [-0.3, -0.25) is 20.6 Å². The number of nitrogens with zero attached hydrogens (tertiary/aromatic N) is 2. The number of carbonyl (C=O) groups excluding carboxylic acids is 1. The molecule has 136 valence electrons. The average molecular weight is 445 g/mol. The van der Waals surface area contributed by atoms with Crippen molar-refractivity contribution in [1.82, 2.24) is 15.4 Å². The summed E-state index contributed by atoms with van der Waals surface area (Å²) in [5, 5.41) is 22.3. The van der Waals surface area contributed by atoms with Crippen molar-refractivity contribution in [1.29, 1.82) is 5.41 Å². The van der Waals surface area contributed by atoms with Crippen molar-refractivity contribution in [3.63, 3.8) is 0 Å². The molecule has 1 aromatic carbocycles. The van der Waals surface area contributed by atoms with Crippen molar-refractivity contribution in [2.45, 2.75) is 0 Å². The van der Waals surface area contributed by atoms with Crippen LogP contribution < -0.4 is 5.43 Å². The molecule has 0 radical (unpaired) electrons. The first kappa shape index (κ1) is 17.5. The Bertz CT molecular complexity index is 1040. The highest BCUT2D eigenvalue weighted by Gasteiger charge is 2.32. The van der Waals surface area contributed by atoms with Gasteiger partial charge in [0.05, 0.1) is 24.1 Å². The van der Waals surface area contributed by atoms with Crippen molar-refractivity contribution in [3.8, 4) is 11.3 Å². The van der Waals surface area contributed by atoms with Gasteiger partial charge in [-0.05, 0) is 24.3 Å².